The van der Waals surface area contributed by atoms with Crippen LogP contribution in [-0.4, -0.2) is 49.8 Å². The number of carbonyl (C=O) groups is 2. The van der Waals surface area contributed by atoms with E-state index in [4.69, 9.17) is 19.3 Å². The van der Waals surface area contributed by atoms with Gasteiger partial charge in [0.2, 0.25) is 0 Å². The maximum absolute atomic E-state index is 12.3. The lowest BCUT2D eigenvalue weighted by molar-refractivity contribution is 0.0694. The maximum atomic E-state index is 12.3. The van der Waals surface area contributed by atoms with E-state index in [1.807, 2.05) is 0 Å². The molecule has 0 bridgehead atoms. The first-order chi connectivity index (χ1) is 12.9. The molecule has 0 atom stereocenters. The van der Waals surface area contributed by atoms with Crippen LogP contribution in [0.15, 0.2) is 24.3 Å². The molecule has 0 saturated heterocycles. The zero-order valence-corrected chi connectivity index (χ0v) is 15.7. The first-order valence-corrected chi connectivity index (χ1v) is 8.19. The second-order valence-electron chi connectivity index (χ2n) is 5.65. The van der Waals surface area contributed by atoms with Crippen molar-refractivity contribution in [3.05, 3.63) is 46.8 Å². The number of hydrogen-bond donors (Lipinski definition) is 2. The van der Waals surface area contributed by atoms with Crippen LogP contribution in [0.1, 0.15) is 32.1 Å². The summed E-state index contributed by atoms with van der Waals surface area (Å²) in [7, 11) is 4.65. The minimum atomic E-state index is -1.08. The normalized spacial score (nSPS) is 10.2. The molecule has 2 aromatic rings. The monoisotopic (exact) mass is 374 g/mol. The lowest BCUT2D eigenvalue weighted by Crippen LogP contribution is -2.27. The van der Waals surface area contributed by atoms with E-state index in [0.29, 0.717) is 30.2 Å². The van der Waals surface area contributed by atoms with Crippen LogP contribution in [0.3, 0.4) is 0 Å². The molecule has 8 nitrogen and oxygen atoms in total. The minimum absolute atomic E-state index is 0.0688. The fourth-order valence-electron chi connectivity index (χ4n) is 2.63. The smallest absolute Gasteiger partial charge is 0.337 e. The minimum Gasteiger partial charge on any atom is -0.496 e. The fraction of sp³-hybridized carbons (Fsp3) is 0.316. The quantitative estimate of drug-likeness (QED) is 0.728. The average Bonchev–Trinajstić information content (AvgIpc) is 2.67. The molecule has 0 unspecified atom stereocenters. The van der Waals surface area contributed by atoms with Crippen LogP contribution in [0.2, 0.25) is 0 Å². The number of nitrogens with zero attached hydrogens (tertiary/aromatic N) is 1. The van der Waals surface area contributed by atoms with Gasteiger partial charge in [0.15, 0.2) is 0 Å². The largest absolute Gasteiger partial charge is 0.496 e. The number of nitrogens with one attached hydrogen (secondary N) is 1. The van der Waals surface area contributed by atoms with Crippen LogP contribution in [0, 0.1) is 6.92 Å². The Morgan fingerprint density at radius 1 is 1.07 bits per heavy atom. The summed E-state index contributed by atoms with van der Waals surface area (Å²) >= 11 is 0. The van der Waals surface area contributed by atoms with Gasteiger partial charge < -0.3 is 24.6 Å². The fourth-order valence-corrected chi connectivity index (χ4v) is 2.63. The average molecular weight is 374 g/mol. The summed E-state index contributed by atoms with van der Waals surface area (Å²) < 4.78 is 16.0. The Kier molecular flexibility index (Phi) is 6.59. The highest BCUT2D eigenvalue weighted by Gasteiger charge is 2.15. The third-order valence-electron chi connectivity index (χ3n) is 4.03. The Bertz CT molecular complexity index is 825. The molecule has 0 spiro atoms. The summed E-state index contributed by atoms with van der Waals surface area (Å²) in [5, 5.41) is 11.8. The Labute approximate surface area is 157 Å². The molecule has 2 rings (SSSR count). The summed E-state index contributed by atoms with van der Waals surface area (Å²) in [5.41, 5.74) is 1.31. The Morgan fingerprint density at radius 3 is 2.19 bits per heavy atom. The van der Waals surface area contributed by atoms with Crippen molar-refractivity contribution in [3.63, 3.8) is 0 Å². The molecule has 0 aliphatic heterocycles. The van der Waals surface area contributed by atoms with E-state index >= 15 is 0 Å². The standard InChI is InChI=1S/C19H22N2O6/c1-11-13(19(23)24)5-6-15(21-11)18(22)20-8-7-14-16(26-3)9-12(25-2)10-17(14)27-4/h5-6,9-10H,7-8H2,1-4H3,(H,20,22)(H,23,24). The first-order valence-electron chi connectivity index (χ1n) is 8.19. The molecular weight excluding hydrogens is 352 g/mol. The lowest BCUT2D eigenvalue weighted by atomic mass is 10.1. The van der Waals surface area contributed by atoms with Crippen LogP contribution < -0.4 is 19.5 Å². The molecule has 0 aliphatic rings. The summed E-state index contributed by atoms with van der Waals surface area (Å²) in [4.78, 5) is 27.4. The molecule has 144 valence electrons. The number of pyridine rings is 1. The molecule has 2 N–H and O–H groups in total. The van der Waals surface area contributed by atoms with E-state index in [1.54, 1.807) is 40.4 Å². The van der Waals surface area contributed by atoms with Crippen LogP contribution in [0.4, 0.5) is 0 Å². The third kappa shape index (κ3) is 4.66. The van der Waals surface area contributed by atoms with Gasteiger partial charge >= 0.3 is 5.97 Å². The molecule has 27 heavy (non-hydrogen) atoms. The van der Waals surface area contributed by atoms with Crippen molar-refractivity contribution < 1.29 is 28.9 Å². The summed E-state index contributed by atoms with van der Waals surface area (Å²) in [6.45, 7) is 1.87. The van der Waals surface area contributed by atoms with Crippen molar-refractivity contribution in [1.29, 1.82) is 0 Å². The van der Waals surface area contributed by atoms with E-state index in [1.165, 1.54) is 12.1 Å². The number of carboxylic acid groups (broad SMARTS) is 1. The molecule has 0 radical (unpaired) electrons. The van der Waals surface area contributed by atoms with E-state index < -0.39 is 5.97 Å². The molecule has 1 aromatic heterocycles. The number of aromatic carboxylic acids is 1. The summed E-state index contributed by atoms with van der Waals surface area (Å²) in [6.07, 6.45) is 0.467. The van der Waals surface area contributed by atoms with Gasteiger partial charge in [-0.15, -0.1) is 0 Å². The van der Waals surface area contributed by atoms with E-state index in [2.05, 4.69) is 10.3 Å². The van der Waals surface area contributed by atoms with Gasteiger partial charge in [0, 0.05) is 24.2 Å². The van der Waals surface area contributed by atoms with Gasteiger partial charge in [-0.2, -0.15) is 0 Å². The highest BCUT2D eigenvalue weighted by molar-refractivity contribution is 5.94. The van der Waals surface area contributed by atoms with Crippen molar-refractivity contribution in [1.82, 2.24) is 10.3 Å². The Balaban J connectivity index is 2.09. The van der Waals surface area contributed by atoms with E-state index in [0.717, 1.165) is 5.56 Å². The van der Waals surface area contributed by atoms with Gasteiger partial charge in [0.05, 0.1) is 32.6 Å². The maximum Gasteiger partial charge on any atom is 0.337 e. The van der Waals surface area contributed by atoms with Crippen molar-refractivity contribution >= 4 is 11.9 Å². The van der Waals surface area contributed by atoms with Gasteiger partial charge in [-0.25, -0.2) is 9.78 Å². The molecular formula is C19H22N2O6. The highest BCUT2D eigenvalue weighted by atomic mass is 16.5. The lowest BCUT2D eigenvalue weighted by Gasteiger charge is -2.15. The number of rotatable bonds is 8. The Morgan fingerprint density at radius 2 is 1.70 bits per heavy atom. The number of hydrogen-bond acceptors (Lipinski definition) is 6. The van der Waals surface area contributed by atoms with E-state index in [-0.39, 0.29) is 22.9 Å². The number of benzene rings is 1. The van der Waals surface area contributed by atoms with Crippen LogP contribution in [0.25, 0.3) is 0 Å². The zero-order chi connectivity index (χ0) is 20.0. The third-order valence-corrected chi connectivity index (χ3v) is 4.03. The molecule has 1 amide bonds. The van der Waals surface area contributed by atoms with E-state index in [9.17, 15) is 9.59 Å². The molecule has 0 fully saturated rings. The Hall–Kier alpha value is -3.29. The topological polar surface area (TPSA) is 107 Å². The molecule has 0 saturated carbocycles. The number of amides is 1. The second-order valence-corrected chi connectivity index (χ2v) is 5.65. The van der Waals surface area contributed by atoms with Gasteiger partial charge in [-0.1, -0.05) is 0 Å². The van der Waals surface area contributed by atoms with Crippen molar-refractivity contribution in [2.24, 2.45) is 0 Å². The predicted molar refractivity (Wildman–Crippen MR) is 98.1 cm³/mol. The van der Waals surface area contributed by atoms with Crippen LogP contribution >= 0.6 is 0 Å². The van der Waals surface area contributed by atoms with Gasteiger partial charge in [0.25, 0.3) is 5.91 Å². The number of aromatic nitrogens is 1. The molecule has 1 aromatic carbocycles. The second kappa shape index (κ2) is 8.88. The number of aryl methyl sites for hydroxylation is 1. The van der Waals surface area contributed by atoms with Gasteiger partial charge in [0.1, 0.15) is 22.9 Å². The van der Waals surface area contributed by atoms with Crippen LogP contribution in [-0.2, 0) is 6.42 Å². The summed E-state index contributed by atoms with van der Waals surface area (Å²) in [6, 6.07) is 6.25. The molecule has 0 aliphatic carbocycles. The van der Waals surface area contributed by atoms with Gasteiger partial charge in [-0.3, -0.25) is 4.79 Å². The predicted octanol–water partition coefficient (Wildman–Crippen LogP) is 2.09. The SMILES string of the molecule is COc1cc(OC)c(CCNC(=O)c2ccc(C(=O)O)c(C)n2)c(OC)c1. The van der Waals surface area contributed by atoms with Gasteiger partial charge in [-0.05, 0) is 25.5 Å². The molecule has 1 heterocycles. The number of methoxy groups -OCH3 is 3. The zero-order valence-electron chi connectivity index (χ0n) is 15.7. The highest BCUT2D eigenvalue weighted by Crippen LogP contribution is 2.34. The van der Waals surface area contributed by atoms with Crippen molar-refractivity contribution in [2.45, 2.75) is 13.3 Å². The number of ether oxygens (including phenoxy) is 3. The van der Waals surface area contributed by atoms with Crippen molar-refractivity contribution in [2.75, 3.05) is 27.9 Å². The number of carboxylic acids is 1. The van der Waals surface area contributed by atoms with Crippen molar-refractivity contribution in [3.8, 4) is 17.2 Å². The molecule has 8 heteroatoms. The first kappa shape index (κ1) is 20.0. The summed E-state index contributed by atoms with van der Waals surface area (Å²) in [5.74, 6) is 0.335. The number of carbonyl (C=O) groups excluding carboxylic acids is 1. The van der Waals surface area contributed by atoms with Crippen LogP contribution in [0.5, 0.6) is 17.2 Å².